The van der Waals surface area contributed by atoms with Gasteiger partial charge in [0.1, 0.15) is 0 Å². The Morgan fingerprint density at radius 3 is 2.31 bits per heavy atom. The first-order valence-electron chi connectivity index (χ1n) is 3.89. The minimum Gasteiger partial charge on any atom is -0.274 e. The van der Waals surface area contributed by atoms with Crippen molar-refractivity contribution in [2.75, 3.05) is 13.1 Å². The van der Waals surface area contributed by atoms with Crippen LogP contribution in [0.1, 0.15) is 13.3 Å². The molecule has 0 aromatic carbocycles. The van der Waals surface area contributed by atoms with Gasteiger partial charge in [0.2, 0.25) is 5.91 Å². The summed E-state index contributed by atoms with van der Waals surface area (Å²) < 4.78 is 0. The van der Waals surface area contributed by atoms with E-state index in [9.17, 15) is 14.4 Å². The van der Waals surface area contributed by atoms with Gasteiger partial charge in [-0.05, 0) is 11.6 Å². The van der Waals surface area contributed by atoms with Gasteiger partial charge in [-0.2, -0.15) is 0 Å². The topological polar surface area (TPSA) is 57.7 Å². The van der Waals surface area contributed by atoms with Gasteiger partial charge in [-0.3, -0.25) is 14.5 Å². The Kier molecular flexibility index (Phi) is 2.87. The van der Waals surface area contributed by atoms with E-state index in [1.54, 1.807) is 6.92 Å². The van der Waals surface area contributed by atoms with Crippen molar-refractivity contribution in [1.82, 2.24) is 9.80 Å². The zero-order valence-corrected chi connectivity index (χ0v) is 7.87. The molecule has 0 atom stereocenters. The van der Waals surface area contributed by atoms with Crippen LogP contribution in [0, 0.1) is 0 Å². The molecule has 1 fully saturated rings. The maximum absolute atomic E-state index is 11.3. The average molecular weight is 205 g/mol. The summed E-state index contributed by atoms with van der Waals surface area (Å²) >= 11 is 5.12. The third-order valence-electron chi connectivity index (χ3n) is 1.82. The lowest BCUT2D eigenvalue weighted by atomic mass is 10.4. The van der Waals surface area contributed by atoms with Crippen molar-refractivity contribution in [3.8, 4) is 0 Å². The molecular weight excluding hydrogens is 196 g/mol. The first-order chi connectivity index (χ1) is 6.07. The molecule has 0 aliphatic carbocycles. The van der Waals surface area contributed by atoms with E-state index >= 15 is 0 Å². The fourth-order valence-electron chi connectivity index (χ4n) is 1.12. The molecule has 0 aromatic heterocycles. The highest BCUT2D eigenvalue weighted by atomic mass is 35.5. The molecule has 1 rings (SSSR count). The van der Waals surface area contributed by atoms with Gasteiger partial charge in [0.05, 0.1) is 0 Å². The number of halogens is 1. The number of urea groups is 1. The molecule has 0 radical (unpaired) electrons. The number of carbonyl (C=O) groups excluding carboxylic acids is 3. The van der Waals surface area contributed by atoms with E-state index < -0.39 is 11.4 Å². The molecule has 0 bridgehead atoms. The summed E-state index contributed by atoms with van der Waals surface area (Å²) in [5.41, 5.74) is 0. The number of nitrogens with zero attached hydrogens (tertiary/aromatic N) is 2. The van der Waals surface area contributed by atoms with E-state index in [0.717, 1.165) is 9.80 Å². The molecule has 5 nitrogen and oxygen atoms in total. The van der Waals surface area contributed by atoms with Crippen molar-refractivity contribution in [3.05, 3.63) is 0 Å². The second-order valence-electron chi connectivity index (χ2n) is 2.59. The van der Waals surface area contributed by atoms with Crippen LogP contribution in [0.5, 0.6) is 0 Å². The lowest BCUT2D eigenvalue weighted by Gasteiger charge is -2.12. The maximum Gasteiger partial charge on any atom is 0.334 e. The smallest absolute Gasteiger partial charge is 0.274 e. The van der Waals surface area contributed by atoms with E-state index in [-0.39, 0.29) is 25.4 Å². The minimum atomic E-state index is -0.837. The van der Waals surface area contributed by atoms with Crippen LogP contribution in [0.15, 0.2) is 0 Å². The van der Waals surface area contributed by atoms with Crippen molar-refractivity contribution in [2.24, 2.45) is 0 Å². The van der Waals surface area contributed by atoms with Gasteiger partial charge in [-0.25, -0.2) is 9.69 Å². The van der Waals surface area contributed by atoms with Crippen molar-refractivity contribution in [2.45, 2.75) is 13.3 Å². The van der Waals surface area contributed by atoms with E-state index in [1.807, 2.05) is 0 Å². The van der Waals surface area contributed by atoms with E-state index in [4.69, 9.17) is 11.6 Å². The number of carbonyl (C=O) groups is 3. The summed E-state index contributed by atoms with van der Waals surface area (Å²) in [6.07, 6.45) is 0.246. The monoisotopic (exact) mass is 204 g/mol. The van der Waals surface area contributed by atoms with Crippen LogP contribution < -0.4 is 0 Å². The van der Waals surface area contributed by atoms with E-state index in [0.29, 0.717) is 0 Å². The minimum absolute atomic E-state index is 0.187. The molecule has 1 heterocycles. The van der Waals surface area contributed by atoms with Crippen LogP contribution in [-0.4, -0.2) is 40.2 Å². The van der Waals surface area contributed by atoms with E-state index in [1.165, 1.54) is 0 Å². The summed E-state index contributed by atoms with van der Waals surface area (Å²) in [7, 11) is 0. The molecular formula is C7H9ClN2O3. The number of hydrogen-bond donors (Lipinski definition) is 0. The van der Waals surface area contributed by atoms with Gasteiger partial charge in [0, 0.05) is 19.5 Å². The summed E-state index contributed by atoms with van der Waals surface area (Å²) in [5.74, 6) is -0.287. The lowest BCUT2D eigenvalue weighted by molar-refractivity contribution is -0.127. The third-order valence-corrected chi connectivity index (χ3v) is 2.03. The Hall–Kier alpha value is -1.10. The zero-order valence-electron chi connectivity index (χ0n) is 7.12. The largest absolute Gasteiger partial charge is 0.334 e. The van der Waals surface area contributed by atoms with Crippen molar-refractivity contribution in [3.63, 3.8) is 0 Å². The second-order valence-corrected chi connectivity index (χ2v) is 2.91. The molecule has 4 amide bonds. The Morgan fingerprint density at radius 1 is 1.38 bits per heavy atom. The molecule has 13 heavy (non-hydrogen) atoms. The number of rotatable bonds is 1. The molecule has 1 aliphatic rings. The first kappa shape index (κ1) is 9.98. The second kappa shape index (κ2) is 3.74. The zero-order chi connectivity index (χ0) is 10.0. The van der Waals surface area contributed by atoms with Crippen LogP contribution >= 0.6 is 11.6 Å². The fraction of sp³-hybridized carbons (Fsp3) is 0.571. The highest BCUT2D eigenvalue weighted by Crippen LogP contribution is 2.12. The predicted molar refractivity (Wildman–Crippen MR) is 45.4 cm³/mol. The quantitative estimate of drug-likeness (QED) is 0.473. The fourth-order valence-corrected chi connectivity index (χ4v) is 1.28. The van der Waals surface area contributed by atoms with Crippen molar-refractivity contribution in [1.29, 1.82) is 0 Å². The molecule has 1 saturated heterocycles. The summed E-state index contributed by atoms with van der Waals surface area (Å²) in [6.45, 7) is 2.08. The highest BCUT2D eigenvalue weighted by molar-refractivity contribution is 6.64. The van der Waals surface area contributed by atoms with Crippen LogP contribution in [0.3, 0.4) is 0 Å². The van der Waals surface area contributed by atoms with Gasteiger partial charge < -0.3 is 0 Å². The Labute approximate surface area is 80.2 Å². The molecule has 0 aromatic rings. The number of imide groups is 2. The van der Waals surface area contributed by atoms with Crippen molar-refractivity contribution >= 4 is 28.9 Å². The van der Waals surface area contributed by atoms with E-state index in [2.05, 4.69) is 0 Å². The standard InChI is InChI=1S/C7H9ClN2O3/c1-2-5(11)9-3-4-10(6(8)12)7(9)13/h2-4H2,1H3. The van der Waals surface area contributed by atoms with Crippen LogP contribution in [0.25, 0.3) is 0 Å². The molecule has 6 heteroatoms. The molecule has 72 valence electrons. The first-order valence-corrected chi connectivity index (χ1v) is 4.27. The van der Waals surface area contributed by atoms with Gasteiger partial charge in [-0.1, -0.05) is 6.92 Å². The lowest BCUT2D eigenvalue weighted by Crippen LogP contribution is -2.36. The van der Waals surface area contributed by atoms with Gasteiger partial charge in [-0.15, -0.1) is 0 Å². The molecule has 0 spiro atoms. The summed E-state index contributed by atoms with van der Waals surface area (Å²) in [6, 6.07) is -0.619. The van der Waals surface area contributed by atoms with Gasteiger partial charge in [0.15, 0.2) is 0 Å². The molecule has 0 N–H and O–H groups in total. The normalized spacial score (nSPS) is 16.6. The summed E-state index contributed by atoms with van der Waals surface area (Å²) in [4.78, 5) is 34.9. The maximum atomic E-state index is 11.3. The van der Waals surface area contributed by atoms with Crippen LogP contribution in [0.4, 0.5) is 9.59 Å². The highest BCUT2D eigenvalue weighted by Gasteiger charge is 2.35. The average Bonchev–Trinajstić information content (AvgIpc) is 2.46. The third kappa shape index (κ3) is 1.80. The van der Waals surface area contributed by atoms with Crippen LogP contribution in [-0.2, 0) is 4.79 Å². The van der Waals surface area contributed by atoms with Gasteiger partial charge >= 0.3 is 11.4 Å². The number of amides is 4. The SMILES string of the molecule is CCC(=O)N1CCN(C(=O)Cl)C1=O. The summed E-state index contributed by atoms with van der Waals surface area (Å²) in [5, 5.41) is -0.837. The number of hydrogen-bond acceptors (Lipinski definition) is 3. The Morgan fingerprint density at radius 2 is 1.92 bits per heavy atom. The predicted octanol–water partition coefficient (Wildman–Crippen LogP) is 1.02. The van der Waals surface area contributed by atoms with Gasteiger partial charge in [0.25, 0.3) is 0 Å². The Bertz CT molecular complexity index is 266. The van der Waals surface area contributed by atoms with Crippen LogP contribution in [0.2, 0.25) is 0 Å². The van der Waals surface area contributed by atoms with Crippen molar-refractivity contribution < 1.29 is 14.4 Å². The molecule has 0 unspecified atom stereocenters. The molecule has 0 saturated carbocycles. The molecule has 1 aliphatic heterocycles. The Balaban J connectivity index is 2.71.